The molecule has 0 saturated carbocycles. The van der Waals surface area contributed by atoms with Gasteiger partial charge in [0.15, 0.2) is 0 Å². The summed E-state index contributed by atoms with van der Waals surface area (Å²) in [5.74, 6) is 0. The average Bonchev–Trinajstić information content (AvgIpc) is 2.49. The summed E-state index contributed by atoms with van der Waals surface area (Å²) in [4.78, 5) is 0. The zero-order valence-electron chi connectivity index (χ0n) is 11.1. The first kappa shape index (κ1) is 12.3. The van der Waals surface area contributed by atoms with Crippen molar-refractivity contribution in [3.05, 3.63) is 72.8 Å². The maximum Gasteiger partial charge on any atom is 0.0400 e. The van der Waals surface area contributed by atoms with Gasteiger partial charge in [-0.05, 0) is 23.3 Å². The van der Waals surface area contributed by atoms with Crippen molar-refractivity contribution >= 4 is 11.4 Å². The summed E-state index contributed by atoms with van der Waals surface area (Å²) in [5.41, 5.74) is 17.9. The van der Waals surface area contributed by atoms with Gasteiger partial charge in [0.2, 0.25) is 0 Å². The molecule has 0 unspecified atom stereocenters. The van der Waals surface area contributed by atoms with Crippen molar-refractivity contribution in [3.63, 3.8) is 0 Å². The third-order valence-corrected chi connectivity index (χ3v) is 3.41. The van der Waals surface area contributed by atoms with Crippen molar-refractivity contribution < 1.29 is 0 Å². The first-order valence-electron chi connectivity index (χ1n) is 6.55. The summed E-state index contributed by atoms with van der Waals surface area (Å²) < 4.78 is 0. The zero-order chi connectivity index (χ0) is 13.9. The molecule has 2 nitrogen and oxygen atoms in total. The van der Waals surface area contributed by atoms with Gasteiger partial charge in [-0.1, -0.05) is 60.7 Å². The van der Waals surface area contributed by atoms with E-state index in [2.05, 4.69) is 18.2 Å². The van der Waals surface area contributed by atoms with Gasteiger partial charge in [0.1, 0.15) is 0 Å². The van der Waals surface area contributed by atoms with E-state index in [1.165, 1.54) is 0 Å². The summed E-state index contributed by atoms with van der Waals surface area (Å²) in [6, 6.07) is 24.1. The molecule has 0 aromatic heterocycles. The molecule has 0 aliphatic heterocycles. The van der Waals surface area contributed by atoms with E-state index in [-0.39, 0.29) is 0 Å². The maximum absolute atomic E-state index is 6.20. The fraction of sp³-hybridized carbons (Fsp3) is 0. The van der Waals surface area contributed by atoms with Gasteiger partial charge in [0, 0.05) is 22.5 Å². The van der Waals surface area contributed by atoms with Crippen LogP contribution in [0.3, 0.4) is 0 Å². The second kappa shape index (κ2) is 5.10. The van der Waals surface area contributed by atoms with E-state index in [0.717, 1.165) is 33.6 Å². The largest absolute Gasteiger partial charge is 0.398 e. The van der Waals surface area contributed by atoms with Gasteiger partial charge in [0.05, 0.1) is 0 Å². The van der Waals surface area contributed by atoms with Gasteiger partial charge in [-0.3, -0.25) is 0 Å². The van der Waals surface area contributed by atoms with Crippen molar-refractivity contribution in [3.8, 4) is 22.3 Å². The lowest BCUT2D eigenvalue weighted by atomic mass is 9.97. The first-order chi connectivity index (χ1) is 9.75. The molecule has 0 atom stereocenters. The Morgan fingerprint density at radius 2 is 1.15 bits per heavy atom. The highest BCUT2D eigenvalue weighted by molar-refractivity contribution is 5.86. The minimum Gasteiger partial charge on any atom is -0.398 e. The van der Waals surface area contributed by atoms with Crippen LogP contribution in [0.1, 0.15) is 0 Å². The highest BCUT2D eigenvalue weighted by Crippen LogP contribution is 2.33. The Balaban J connectivity index is 2.07. The molecule has 3 rings (SSSR count). The topological polar surface area (TPSA) is 52.0 Å². The molecular weight excluding hydrogens is 244 g/mol. The third kappa shape index (κ3) is 2.24. The first-order valence-corrected chi connectivity index (χ1v) is 6.55. The fourth-order valence-electron chi connectivity index (χ4n) is 2.36. The molecule has 2 heteroatoms. The minimum atomic E-state index is 0.740. The molecular formula is C18H16N2. The van der Waals surface area contributed by atoms with Crippen LogP contribution in [-0.2, 0) is 0 Å². The molecule has 0 saturated heterocycles. The van der Waals surface area contributed by atoms with Gasteiger partial charge in [-0.2, -0.15) is 0 Å². The molecule has 4 N–H and O–H groups in total. The number of para-hydroxylation sites is 1. The van der Waals surface area contributed by atoms with Crippen LogP contribution in [0.4, 0.5) is 11.4 Å². The molecule has 20 heavy (non-hydrogen) atoms. The Kier molecular flexibility index (Phi) is 3.13. The SMILES string of the molecule is Nc1ccccc1-c1ccc(-c2ccccc2)cc1N. The van der Waals surface area contributed by atoms with E-state index in [1.807, 2.05) is 54.6 Å². The number of hydrogen-bond donors (Lipinski definition) is 2. The van der Waals surface area contributed by atoms with E-state index < -0.39 is 0 Å². The molecule has 0 heterocycles. The van der Waals surface area contributed by atoms with Crippen molar-refractivity contribution in [2.45, 2.75) is 0 Å². The van der Waals surface area contributed by atoms with Crippen LogP contribution in [0, 0.1) is 0 Å². The average molecular weight is 260 g/mol. The molecule has 0 aliphatic carbocycles. The van der Waals surface area contributed by atoms with Gasteiger partial charge >= 0.3 is 0 Å². The molecule has 98 valence electrons. The molecule has 0 spiro atoms. The summed E-state index contributed by atoms with van der Waals surface area (Å²) >= 11 is 0. The lowest BCUT2D eigenvalue weighted by Gasteiger charge is -2.11. The number of hydrogen-bond acceptors (Lipinski definition) is 2. The number of rotatable bonds is 2. The number of nitrogens with two attached hydrogens (primary N) is 2. The number of anilines is 2. The second-order valence-electron chi connectivity index (χ2n) is 4.76. The van der Waals surface area contributed by atoms with Crippen LogP contribution >= 0.6 is 0 Å². The van der Waals surface area contributed by atoms with Crippen molar-refractivity contribution in [1.29, 1.82) is 0 Å². The smallest absolute Gasteiger partial charge is 0.0400 e. The number of nitrogen functional groups attached to an aromatic ring is 2. The quantitative estimate of drug-likeness (QED) is 0.679. The standard InChI is InChI=1S/C18H16N2/c19-17-9-5-4-8-15(17)16-11-10-14(12-18(16)20)13-6-2-1-3-7-13/h1-12H,19-20H2. The Hall–Kier alpha value is -2.74. The Morgan fingerprint density at radius 3 is 1.85 bits per heavy atom. The van der Waals surface area contributed by atoms with Crippen LogP contribution < -0.4 is 11.5 Å². The molecule has 0 bridgehead atoms. The lowest BCUT2D eigenvalue weighted by Crippen LogP contribution is -1.94. The van der Waals surface area contributed by atoms with E-state index in [9.17, 15) is 0 Å². The van der Waals surface area contributed by atoms with E-state index in [0.29, 0.717) is 0 Å². The van der Waals surface area contributed by atoms with Crippen LogP contribution in [0.2, 0.25) is 0 Å². The number of benzene rings is 3. The van der Waals surface area contributed by atoms with Gasteiger partial charge in [0.25, 0.3) is 0 Å². The Labute approximate surface area is 118 Å². The van der Waals surface area contributed by atoms with Crippen molar-refractivity contribution in [2.24, 2.45) is 0 Å². The van der Waals surface area contributed by atoms with Gasteiger partial charge in [-0.15, -0.1) is 0 Å². The van der Waals surface area contributed by atoms with Crippen LogP contribution in [0.25, 0.3) is 22.3 Å². The summed E-state index contributed by atoms with van der Waals surface area (Å²) in [5, 5.41) is 0. The lowest BCUT2D eigenvalue weighted by molar-refractivity contribution is 1.58. The van der Waals surface area contributed by atoms with Crippen LogP contribution in [0.5, 0.6) is 0 Å². The molecule has 0 aliphatic rings. The summed E-state index contributed by atoms with van der Waals surface area (Å²) in [6.45, 7) is 0. The second-order valence-corrected chi connectivity index (χ2v) is 4.76. The molecule has 3 aromatic carbocycles. The highest BCUT2D eigenvalue weighted by atomic mass is 14.6. The Bertz CT molecular complexity index is 733. The molecule has 0 amide bonds. The normalized spacial score (nSPS) is 10.4. The monoisotopic (exact) mass is 260 g/mol. The summed E-state index contributed by atoms with van der Waals surface area (Å²) in [6.07, 6.45) is 0. The van der Waals surface area contributed by atoms with Gasteiger partial charge < -0.3 is 11.5 Å². The maximum atomic E-state index is 6.20. The predicted octanol–water partition coefficient (Wildman–Crippen LogP) is 4.19. The van der Waals surface area contributed by atoms with E-state index in [4.69, 9.17) is 11.5 Å². The van der Waals surface area contributed by atoms with Crippen LogP contribution in [-0.4, -0.2) is 0 Å². The zero-order valence-corrected chi connectivity index (χ0v) is 11.1. The van der Waals surface area contributed by atoms with Crippen molar-refractivity contribution in [2.75, 3.05) is 11.5 Å². The fourth-order valence-corrected chi connectivity index (χ4v) is 2.36. The molecule has 3 aromatic rings. The third-order valence-electron chi connectivity index (χ3n) is 3.41. The van der Waals surface area contributed by atoms with Gasteiger partial charge in [-0.25, -0.2) is 0 Å². The molecule has 0 radical (unpaired) electrons. The van der Waals surface area contributed by atoms with Crippen LogP contribution in [0.15, 0.2) is 72.8 Å². The van der Waals surface area contributed by atoms with E-state index >= 15 is 0 Å². The van der Waals surface area contributed by atoms with E-state index in [1.54, 1.807) is 0 Å². The summed E-state index contributed by atoms with van der Waals surface area (Å²) in [7, 11) is 0. The highest BCUT2D eigenvalue weighted by Gasteiger charge is 2.07. The minimum absolute atomic E-state index is 0.740. The van der Waals surface area contributed by atoms with Crippen molar-refractivity contribution in [1.82, 2.24) is 0 Å². The predicted molar refractivity (Wildman–Crippen MR) is 86.1 cm³/mol. The Morgan fingerprint density at radius 1 is 0.500 bits per heavy atom. The molecule has 0 fully saturated rings.